The molecule has 0 saturated heterocycles. The van der Waals surface area contributed by atoms with Gasteiger partial charge in [0.2, 0.25) is 0 Å². The van der Waals surface area contributed by atoms with Gasteiger partial charge in [-0.15, -0.1) is 5.10 Å². The summed E-state index contributed by atoms with van der Waals surface area (Å²) in [6.45, 7) is 0.491. The Morgan fingerprint density at radius 1 is 1.31 bits per heavy atom. The van der Waals surface area contributed by atoms with Gasteiger partial charge in [-0.25, -0.2) is 4.68 Å². The van der Waals surface area contributed by atoms with Crippen molar-refractivity contribution < 1.29 is 4.74 Å². The lowest BCUT2D eigenvalue weighted by molar-refractivity contribution is 0.221. The van der Waals surface area contributed by atoms with E-state index in [2.05, 4.69) is 20.8 Å². The van der Waals surface area contributed by atoms with Crippen LogP contribution < -0.4 is 5.32 Å². The van der Waals surface area contributed by atoms with Gasteiger partial charge in [-0.05, 0) is 34.7 Å². The highest BCUT2D eigenvalue weighted by Crippen LogP contribution is 2.17. The molecule has 0 aliphatic carbocycles. The fourth-order valence-electron chi connectivity index (χ4n) is 1.37. The number of hydrogen-bond acceptors (Lipinski definition) is 5. The second kappa shape index (κ2) is 4.71. The lowest BCUT2D eigenvalue weighted by Gasteiger charge is -2.05. The van der Waals surface area contributed by atoms with Gasteiger partial charge in [0.05, 0.1) is 0 Å². The minimum atomic E-state index is 0.491. The zero-order valence-corrected chi connectivity index (χ0v) is 9.21. The molecule has 1 aromatic heterocycles. The van der Waals surface area contributed by atoms with Crippen molar-refractivity contribution in [3.05, 3.63) is 24.3 Å². The van der Waals surface area contributed by atoms with Gasteiger partial charge in [-0.2, -0.15) is 0 Å². The van der Waals surface area contributed by atoms with Gasteiger partial charge in [-0.3, -0.25) is 0 Å². The Morgan fingerprint density at radius 2 is 2.06 bits per heavy atom. The third-order valence-electron chi connectivity index (χ3n) is 2.18. The molecule has 16 heavy (non-hydrogen) atoms. The van der Waals surface area contributed by atoms with E-state index in [4.69, 9.17) is 4.74 Å². The van der Waals surface area contributed by atoms with Crippen molar-refractivity contribution in [1.82, 2.24) is 20.2 Å². The highest BCUT2D eigenvalue weighted by molar-refractivity contribution is 5.59. The van der Waals surface area contributed by atoms with E-state index in [0.29, 0.717) is 6.73 Å². The molecule has 0 spiro atoms. The lowest BCUT2D eigenvalue weighted by atomic mass is 10.2. The van der Waals surface area contributed by atoms with E-state index in [1.807, 2.05) is 31.3 Å². The maximum atomic E-state index is 4.92. The van der Waals surface area contributed by atoms with Crippen molar-refractivity contribution in [3.63, 3.8) is 0 Å². The zero-order chi connectivity index (χ0) is 11.4. The first-order valence-electron chi connectivity index (χ1n) is 4.87. The molecule has 0 unspecified atom stereocenters. The smallest absolute Gasteiger partial charge is 0.181 e. The molecular weight excluding hydrogens is 206 g/mol. The molecule has 0 radical (unpaired) electrons. The molecule has 0 amide bonds. The van der Waals surface area contributed by atoms with E-state index in [0.717, 1.165) is 17.1 Å². The standard InChI is InChI=1S/C10H13N5O/c1-15-10(12-13-14-15)8-3-5-9(6-4-8)11-7-16-2/h3-6,11H,7H2,1-2H3. The summed E-state index contributed by atoms with van der Waals surface area (Å²) in [5, 5.41) is 14.4. The van der Waals surface area contributed by atoms with E-state index >= 15 is 0 Å². The number of nitrogens with one attached hydrogen (secondary N) is 1. The van der Waals surface area contributed by atoms with Crippen LogP contribution in [0.3, 0.4) is 0 Å². The number of ether oxygens (including phenoxy) is 1. The van der Waals surface area contributed by atoms with Crippen LogP contribution in [-0.2, 0) is 11.8 Å². The number of methoxy groups -OCH3 is 1. The van der Waals surface area contributed by atoms with Gasteiger partial charge in [0.25, 0.3) is 0 Å². The fourth-order valence-corrected chi connectivity index (χ4v) is 1.37. The number of hydrogen-bond donors (Lipinski definition) is 1. The monoisotopic (exact) mass is 219 g/mol. The number of tetrazole rings is 1. The van der Waals surface area contributed by atoms with Gasteiger partial charge in [0.15, 0.2) is 5.82 Å². The first kappa shape index (κ1) is 10.6. The van der Waals surface area contributed by atoms with Gasteiger partial charge in [0, 0.05) is 25.4 Å². The summed E-state index contributed by atoms with van der Waals surface area (Å²) in [7, 11) is 3.46. The molecule has 0 aliphatic heterocycles. The van der Waals surface area contributed by atoms with Crippen molar-refractivity contribution in [1.29, 1.82) is 0 Å². The Balaban J connectivity index is 2.16. The van der Waals surface area contributed by atoms with E-state index in [1.165, 1.54) is 0 Å². The molecule has 0 saturated carbocycles. The Hall–Kier alpha value is -1.95. The normalized spacial score (nSPS) is 10.4. The lowest BCUT2D eigenvalue weighted by Crippen LogP contribution is -2.02. The molecule has 1 aromatic carbocycles. The second-order valence-corrected chi connectivity index (χ2v) is 3.31. The first-order valence-corrected chi connectivity index (χ1v) is 4.87. The van der Waals surface area contributed by atoms with Crippen molar-refractivity contribution in [2.45, 2.75) is 0 Å². The predicted molar refractivity (Wildman–Crippen MR) is 59.7 cm³/mol. The number of nitrogens with zero attached hydrogens (tertiary/aromatic N) is 4. The molecule has 2 aromatic rings. The van der Waals surface area contributed by atoms with Crippen LogP contribution in [0.15, 0.2) is 24.3 Å². The van der Waals surface area contributed by atoms with Crippen LogP contribution in [0.1, 0.15) is 0 Å². The number of anilines is 1. The average Bonchev–Trinajstić information content (AvgIpc) is 2.74. The van der Waals surface area contributed by atoms with Crippen molar-refractivity contribution >= 4 is 5.69 Å². The van der Waals surface area contributed by atoms with Crippen LogP contribution in [0.2, 0.25) is 0 Å². The number of rotatable bonds is 4. The number of aromatic nitrogens is 4. The van der Waals surface area contributed by atoms with Gasteiger partial charge in [-0.1, -0.05) is 0 Å². The van der Waals surface area contributed by atoms with Crippen molar-refractivity contribution in [3.8, 4) is 11.4 Å². The Morgan fingerprint density at radius 3 is 2.62 bits per heavy atom. The molecule has 2 rings (SSSR count). The van der Waals surface area contributed by atoms with Crippen molar-refractivity contribution in [2.24, 2.45) is 7.05 Å². The molecule has 0 atom stereocenters. The van der Waals surface area contributed by atoms with E-state index in [9.17, 15) is 0 Å². The maximum absolute atomic E-state index is 4.92. The highest BCUT2D eigenvalue weighted by Gasteiger charge is 2.04. The van der Waals surface area contributed by atoms with E-state index < -0.39 is 0 Å². The first-order chi connectivity index (χ1) is 7.81. The maximum Gasteiger partial charge on any atom is 0.181 e. The van der Waals surface area contributed by atoms with Crippen LogP contribution in [-0.4, -0.2) is 34.0 Å². The molecule has 0 aliphatic rings. The van der Waals surface area contributed by atoms with Gasteiger partial charge < -0.3 is 10.1 Å². The zero-order valence-electron chi connectivity index (χ0n) is 9.21. The molecule has 1 N–H and O–H groups in total. The quantitative estimate of drug-likeness (QED) is 0.774. The van der Waals surface area contributed by atoms with E-state index in [1.54, 1.807) is 11.8 Å². The molecule has 1 heterocycles. The minimum absolute atomic E-state index is 0.491. The summed E-state index contributed by atoms with van der Waals surface area (Å²) < 4.78 is 6.56. The van der Waals surface area contributed by atoms with E-state index in [-0.39, 0.29) is 0 Å². The van der Waals surface area contributed by atoms with Crippen LogP contribution in [0.5, 0.6) is 0 Å². The van der Waals surface area contributed by atoms with Crippen LogP contribution in [0.4, 0.5) is 5.69 Å². The molecule has 6 heteroatoms. The summed E-state index contributed by atoms with van der Waals surface area (Å²) in [5.41, 5.74) is 1.98. The SMILES string of the molecule is COCNc1ccc(-c2nnnn2C)cc1. The molecule has 84 valence electrons. The Kier molecular flexibility index (Phi) is 3.11. The molecule has 0 bridgehead atoms. The topological polar surface area (TPSA) is 64.9 Å². The Labute approximate surface area is 93.2 Å². The summed E-state index contributed by atoms with van der Waals surface area (Å²) >= 11 is 0. The summed E-state index contributed by atoms with van der Waals surface area (Å²) in [6.07, 6.45) is 0. The third kappa shape index (κ3) is 2.17. The fraction of sp³-hybridized carbons (Fsp3) is 0.300. The summed E-state index contributed by atoms with van der Waals surface area (Å²) in [4.78, 5) is 0. The predicted octanol–water partition coefficient (Wildman–Crippen LogP) is 0.893. The Bertz CT molecular complexity index is 450. The van der Waals surface area contributed by atoms with Crippen LogP contribution in [0.25, 0.3) is 11.4 Å². The third-order valence-corrected chi connectivity index (χ3v) is 2.18. The molecular formula is C10H13N5O. The highest BCUT2D eigenvalue weighted by atomic mass is 16.5. The minimum Gasteiger partial charge on any atom is -0.365 e. The van der Waals surface area contributed by atoms with Crippen LogP contribution >= 0.6 is 0 Å². The average molecular weight is 219 g/mol. The largest absolute Gasteiger partial charge is 0.365 e. The van der Waals surface area contributed by atoms with Crippen LogP contribution in [0, 0.1) is 0 Å². The van der Waals surface area contributed by atoms with Gasteiger partial charge >= 0.3 is 0 Å². The molecule has 6 nitrogen and oxygen atoms in total. The van der Waals surface area contributed by atoms with Crippen molar-refractivity contribution in [2.75, 3.05) is 19.2 Å². The second-order valence-electron chi connectivity index (χ2n) is 3.31. The number of benzene rings is 1. The summed E-state index contributed by atoms with van der Waals surface area (Å²) in [5.74, 6) is 0.748. The van der Waals surface area contributed by atoms with Gasteiger partial charge in [0.1, 0.15) is 6.73 Å². The summed E-state index contributed by atoms with van der Waals surface area (Å²) in [6, 6.07) is 7.85. The molecule has 0 fully saturated rings. The number of aryl methyl sites for hydroxylation is 1.